The minimum absolute atomic E-state index is 0.00897. The number of benzene rings is 1. The van der Waals surface area contributed by atoms with Crippen LogP contribution in [0.1, 0.15) is 53.7 Å². The number of nitriles is 1. The van der Waals surface area contributed by atoms with Crippen LogP contribution >= 0.6 is 0 Å². The third kappa shape index (κ3) is 4.53. The van der Waals surface area contributed by atoms with Crippen LogP contribution in [0.15, 0.2) is 24.3 Å². The molecular weight excluding hydrogens is 342 g/mol. The molecule has 0 bridgehead atoms. The maximum Gasteiger partial charge on any atom is 0.344 e. The molecule has 0 spiro atoms. The molecule has 0 aliphatic heterocycles. The van der Waals surface area contributed by atoms with Crippen molar-refractivity contribution in [3.63, 3.8) is 0 Å². The fourth-order valence-electron chi connectivity index (χ4n) is 3.28. The zero-order valence-electron chi connectivity index (χ0n) is 15.6. The Morgan fingerprint density at radius 3 is 2.70 bits per heavy atom. The number of ether oxygens (including phenoxy) is 1. The van der Waals surface area contributed by atoms with E-state index < -0.39 is 5.97 Å². The van der Waals surface area contributed by atoms with Gasteiger partial charge in [0, 0.05) is 11.7 Å². The number of nitrogens with one attached hydrogen (secondary N) is 2. The predicted octanol–water partition coefficient (Wildman–Crippen LogP) is 3.93. The molecule has 0 unspecified atom stereocenters. The molecule has 1 fully saturated rings. The summed E-state index contributed by atoms with van der Waals surface area (Å²) in [5.41, 5.74) is 1.86. The fraction of sp³-hybridized carbons (Fsp3) is 0.400. The molecule has 1 aromatic carbocycles. The van der Waals surface area contributed by atoms with Crippen molar-refractivity contribution in [1.29, 1.82) is 5.26 Å². The average molecular weight is 365 g/mol. The average Bonchev–Trinajstić information content (AvgIpc) is 2.68. The largest absolute Gasteiger partial charge is 0.465 e. The molecule has 1 heterocycles. The van der Waals surface area contributed by atoms with Crippen molar-refractivity contribution in [2.24, 2.45) is 0 Å². The number of hydrogen-bond acceptors (Lipinski definition) is 7. The van der Waals surface area contributed by atoms with Gasteiger partial charge in [0.1, 0.15) is 11.6 Å². The summed E-state index contributed by atoms with van der Waals surface area (Å²) in [6.45, 7) is 1.98. The Morgan fingerprint density at radius 2 is 2.04 bits per heavy atom. The zero-order valence-corrected chi connectivity index (χ0v) is 15.6. The van der Waals surface area contributed by atoms with Crippen molar-refractivity contribution < 1.29 is 9.53 Å². The number of rotatable bonds is 5. The van der Waals surface area contributed by atoms with Gasteiger partial charge in [-0.15, -0.1) is 0 Å². The van der Waals surface area contributed by atoms with Crippen LogP contribution in [0.2, 0.25) is 0 Å². The summed E-state index contributed by atoms with van der Waals surface area (Å²) in [7, 11) is 1.27. The van der Waals surface area contributed by atoms with Crippen molar-refractivity contribution in [3.8, 4) is 6.07 Å². The molecule has 0 atom stereocenters. The van der Waals surface area contributed by atoms with E-state index in [0.717, 1.165) is 36.9 Å². The molecule has 27 heavy (non-hydrogen) atoms. The Kier molecular flexibility index (Phi) is 5.87. The van der Waals surface area contributed by atoms with Gasteiger partial charge in [-0.1, -0.05) is 31.4 Å². The SMILES string of the molecule is COC(=O)c1c(C#N)nc(NC2CCCCC2)nc1Nc1cccc(C)c1. The van der Waals surface area contributed by atoms with Gasteiger partial charge in [-0.2, -0.15) is 10.2 Å². The second-order valence-electron chi connectivity index (χ2n) is 6.70. The third-order valence-corrected chi connectivity index (χ3v) is 4.62. The molecule has 1 aromatic heterocycles. The van der Waals surface area contributed by atoms with E-state index in [-0.39, 0.29) is 23.1 Å². The number of esters is 1. The molecule has 7 nitrogen and oxygen atoms in total. The number of carbonyl (C=O) groups excluding carboxylic acids is 1. The molecule has 0 saturated heterocycles. The van der Waals surface area contributed by atoms with Crippen LogP contribution in [0.3, 0.4) is 0 Å². The fourth-order valence-corrected chi connectivity index (χ4v) is 3.28. The molecule has 1 aliphatic rings. The van der Waals surface area contributed by atoms with Crippen LogP contribution in [-0.2, 0) is 4.74 Å². The first-order chi connectivity index (χ1) is 13.1. The number of aryl methyl sites for hydroxylation is 1. The van der Waals surface area contributed by atoms with Gasteiger partial charge in [-0.25, -0.2) is 9.78 Å². The molecular formula is C20H23N5O2. The van der Waals surface area contributed by atoms with Crippen LogP contribution in [-0.4, -0.2) is 29.1 Å². The lowest BCUT2D eigenvalue weighted by Gasteiger charge is -2.23. The molecule has 140 valence electrons. The van der Waals surface area contributed by atoms with Gasteiger partial charge < -0.3 is 15.4 Å². The van der Waals surface area contributed by atoms with Gasteiger partial charge >= 0.3 is 5.97 Å². The number of anilines is 3. The maximum atomic E-state index is 12.3. The van der Waals surface area contributed by atoms with Gasteiger partial charge in [-0.05, 0) is 37.5 Å². The Labute approximate surface area is 158 Å². The van der Waals surface area contributed by atoms with Crippen molar-refractivity contribution >= 4 is 23.4 Å². The highest BCUT2D eigenvalue weighted by Gasteiger charge is 2.23. The first-order valence-electron chi connectivity index (χ1n) is 9.11. The van der Waals surface area contributed by atoms with Gasteiger partial charge in [0.2, 0.25) is 5.95 Å². The standard InChI is InChI=1S/C20H23N5O2/c1-13-7-6-10-15(11-13)22-18-17(19(26)27-2)16(12-21)24-20(25-18)23-14-8-4-3-5-9-14/h6-7,10-11,14H,3-5,8-9H2,1-2H3,(H2,22,23,24,25). The van der Waals surface area contributed by atoms with Crippen molar-refractivity contribution in [2.75, 3.05) is 17.7 Å². The first-order valence-corrected chi connectivity index (χ1v) is 9.11. The first kappa shape index (κ1) is 18.6. The van der Waals surface area contributed by atoms with Crippen LogP contribution < -0.4 is 10.6 Å². The van der Waals surface area contributed by atoms with Crippen molar-refractivity contribution in [2.45, 2.75) is 45.1 Å². The Hall–Kier alpha value is -3.14. The van der Waals surface area contributed by atoms with Gasteiger partial charge in [0.05, 0.1) is 7.11 Å². The normalized spacial score (nSPS) is 14.3. The van der Waals surface area contributed by atoms with Crippen molar-refractivity contribution in [3.05, 3.63) is 41.1 Å². The maximum absolute atomic E-state index is 12.3. The van der Waals surface area contributed by atoms with Crippen molar-refractivity contribution in [1.82, 2.24) is 9.97 Å². The van der Waals surface area contributed by atoms with E-state index >= 15 is 0 Å². The summed E-state index contributed by atoms with van der Waals surface area (Å²) in [6, 6.07) is 9.96. The highest BCUT2D eigenvalue weighted by atomic mass is 16.5. The molecule has 0 amide bonds. The van der Waals surface area contributed by atoms with Crippen LogP contribution in [0.5, 0.6) is 0 Å². The lowest BCUT2D eigenvalue weighted by atomic mass is 9.96. The molecule has 1 saturated carbocycles. The molecule has 2 N–H and O–H groups in total. The topological polar surface area (TPSA) is 99.9 Å². The summed E-state index contributed by atoms with van der Waals surface area (Å²) in [6.07, 6.45) is 5.66. The molecule has 0 radical (unpaired) electrons. The minimum atomic E-state index is -0.647. The monoisotopic (exact) mass is 365 g/mol. The lowest BCUT2D eigenvalue weighted by molar-refractivity contribution is 0.0600. The number of nitrogens with zero attached hydrogens (tertiary/aromatic N) is 3. The van der Waals surface area contributed by atoms with Crippen LogP contribution in [0.4, 0.5) is 17.5 Å². The van der Waals surface area contributed by atoms with E-state index in [4.69, 9.17) is 4.74 Å². The Balaban J connectivity index is 1.99. The third-order valence-electron chi connectivity index (χ3n) is 4.62. The predicted molar refractivity (Wildman–Crippen MR) is 103 cm³/mol. The van der Waals surface area contributed by atoms with Crippen LogP contribution in [0.25, 0.3) is 0 Å². The van der Waals surface area contributed by atoms with Gasteiger partial charge in [0.15, 0.2) is 11.5 Å². The van der Waals surface area contributed by atoms with E-state index in [1.165, 1.54) is 13.5 Å². The van der Waals surface area contributed by atoms with Gasteiger partial charge in [0.25, 0.3) is 0 Å². The summed E-state index contributed by atoms with van der Waals surface area (Å²) >= 11 is 0. The molecule has 3 rings (SSSR count). The number of hydrogen-bond donors (Lipinski definition) is 2. The quantitative estimate of drug-likeness (QED) is 0.774. The summed E-state index contributed by atoms with van der Waals surface area (Å²) in [5, 5.41) is 16.0. The highest BCUT2D eigenvalue weighted by molar-refractivity contribution is 5.97. The van der Waals surface area contributed by atoms with Gasteiger partial charge in [-0.3, -0.25) is 0 Å². The minimum Gasteiger partial charge on any atom is -0.465 e. The zero-order chi connectivity index (χ0) is 19.2. The number of methoxy groups -OCH3 is 1. The van der Waals surface area contributed by atoms with E-state index in [9.17, 15) is 10.1 Å². The van der Waals surface area contributed by atoms with Crippen LogP contribution in [0, 0.1) is 18.3 Å². The Bertz CT molecular complexity index is 869. The smallest absolute Gasteiger partial charge is 0.344 e. The molecule has 1 aliphatic carbocycles. The van der Waals surface area contributed by atoms with E-state index in [1.54, 1.807) is 0 Å². The van der Waals surface area contributed by atoms with E-state index in [0.29, 0.717) is 5.95 Å². The molecule has 2 aromatic rings. The summed E-state index contributed by atoms with van der Waals surface area (Å²) < 4.78 is 4.84. The van der Waals surface area contributed by atoms with E-state index in [2.05, 4.69) is 20.6 Å². The lowest BCUT2D eigenvalue weighted by Crippen LogP contribution is -2.24. The Morgan fingerprint density at radius 1 is 1.26 bits per heavy atom. The summed E-state index contributed by atoms with van der Waals surface area (Å²) in [4.78, 5) is 21.0. The summed E-state index contributed by atoms with van der Waals surface area (Å²) in [5.74, 6) is -0.0375. The number of carbonyl (C=O) groups is 1. The highest BCUT2D eigenvalue weighted by Crippen LogP contribution is 2.26. The second kappa shape index (κ2) is 8.49. The number of aromatic nitrogens is 2. The second-order valence-corrected chi connectivity index (χ2v) is 6.70. The molecule has 7 heteroatoms. The van der Waals surface area contributed by atoms with E-state index in [1.807, 2.05) is 37.3 Å².